The average Bonchev–Trinajstić information content (AvgIpc) is 2.89. The zero-order chi connectivity index (χ0) is 14.3. The quantitative estimate of drug-likeness (QED) is 0.837. The zero-order valence-corrected chi connectivity index (χ0v) is 12.6. The van der Waals surface area contributed by atoms with Crippen LogP contribution in [-0.2, 0) is 4.74 Å². The van der Waals surface area contributed by atoms with E-state index in [1.807, 2.05) is 0 Å². The summed E-state index contributed by atoms with van der Waals surface area (Å²) < 4.78 is 6.39. The van der Waals surface area contributed by atoms with Gasteiger partial charge in [-0.05, 0) is 37.7 Å². The Morgan fingerprint density at radius 1 is 1.38 bits per heavy atom. The van der Waals surface area contributed by atoms with Gasteiger partial charge in [-0.15, -0.1) is 0 Å². The second kappa shape index (κ2) is 5.18. The van der Waals surface area contributed by atoms with Crippen LogP contribution in [0.3, 0.4) is 0 Å². The Morgan fingerprint density at radius 3 is 3.24 bits per heavy atom. The van der Waals surface area contributed by atoms with Gasteiger partial charge in [-0.25, -0.2) is 0 Å². The molecular weight excluding hydrogens is 262 g/mol. The van der Waals surface area contributed by atoms with Gasteiger partial charge in [0.15, 0.2) is 6.23 Å². The predicted octanol–water partition coefficient (Wildman–Crippen LogP) is 2.56. The van der Waals surface area contributed by atoms with E-state index in [1.165, 1.54) is 37.1 Å². The van der Waals surface area contributed by atoms with Crippen molar-refractivity contribution in [1.82, 2.24) is 10.2 Å². The summed E-state index contributed by atoms with van der Waals surface area (Å²) in [5.41, 5.74) is 8.78. The number of hydrogen-bond acceptors (Lipinski definition) is 4. The summed E-state index contributed by atoms with van der Waals surface area (Å²) in [6, 6.07) is 0. The summed E-state index contributed by atoms with van der Waals surface area (Å²) in [4.78, 5) is 2.31. The number of nitrogens with one attached hydrogen (secondary N) is 1. The molecule has 1 saturated heterocycles. The highest BCUT2D eigenvalue weighted by molar-refractivity contribution is 5.40. The zero-order valence-electron chi connectivity index (χ0n) is 12.6. The summed E-state index contributed by atoms with van der Waals surface area (Å²) in [5, 5.41) is 3.47. The van der Waals surface area contributed by atoms with Gasteiger partial charge in [0.2, 0.25) is 0 Å². The lowest BCUT2D eigenvalue weighted by Crippen LogP contribution is -2.36. The van der Waals surface area contributed by atoms with Crippen LogP contribution in [0.2, 0.25) is 0 Å². The lowest BCUT2D eigenvalue weighted by atomic mass is 9.66. The van der Waals surface area contributed by atoms with E-state index < -0.39 is 0 Å². The molecule has 3 aliphatic heterocycles. The Morgan fingerprint density at radius 2 is 2.33 bits per heavy atom. The third kappa shape index (κ3) is 2.04. The maximum Gasteiger partial charge on any atom is 0.151 e. The molecule has 21 heavy (non-hydrogen) atoms. The third-order valence-electron chi connectivity index (χ3n) is 5.34. The summed E-state index contributed by atoms with van der Waals surface area (Å²) in [6.07, 6.45) is 15.4. The lowest BCUT2D eigenvalue weighted by molar-refractivity contribution is 0.120. The third-order valence-corrected chi connectivity index (χ3v) is 5.34. The molecule has 4 heteroatoms. The number of hydrogen-bond donors (Lipinski definition) is 2. The van der Waals surface area contributed by atoms with Gasteiger partial charge in [-0.1, -0.05) is 12.5 Å². The van der Waals surface area contributed by atoms with Crippen LogP contribution in [0, 0.1) is 5.41 Å². The van der Waals surface area contributed by atoms with E-state index in [0.717, 1.165) is 25.8 Å². The topological polar surface area (TPSA) is 50.5 Å². The van der Waals surface area contributed by atoms with Crippen LogP contribution in [0.5, 0.6) is 0 Å². The second-order valence-electron chi connectivity index (χ2n) is 6.60. The predicted molar refractivity (Wildman–Crippen MR) is 82.8 cm³/mol. The average molecular weight is 287 g/mol. The van der Waals surface area contributed by atoms with Gasteiger partial charge in [0.25, 0.3) is 0 Å². The minimum Gasteiger partial charge on any atom is -0.477 e. The molecule has 0 radical (unpaired) electrons. The van der Waals surface area contributed by atoms with Crippen molar-refractivity contribution in [3.8, 4) is 0 Å². The number of nitrogens with two attached hydrogens (primary N) is 1. The molecule has 0 amide bonds. The molecule has 0 bridgehead atoms. The number of nitrogens with zero attached hydrogens (tertiary/aromatic N) is 1. The highest BCUT2D eigenvalue weighted by atomic mass is 16.5. The van der Waals surface area contributed by atoms with E-state index in [0.29, 0.717) is 6.54 Å². The molecular formula is C17H25N3O. The van der Waals surface area contributed by atoms with E-state index in [-0.39, 0.29) is 11.6 Å². The maximum absolute atomic E-state index is 6.39. The molecule has 1 saturated carbocycles. The van der Waals surface area contributed by atoms with Gasteiger partial charge in [0.1, 0.15) is 5.76 Å². The lowest BCUT2D eigenvalue weighted by Gasteiger charge is -2.42. The Balaban J connectivity index is 1.72. The smallest absolute Gasteiger partial charge is 0.151 e. The molecule has 3 heterocycles. The van der Waals surface area contributed by atoms with E-state index in [4.69, 9.17) is 10.5 Å². The van der Waals surface area contributed by atoms with Crippen molar-refractivity contribution in [1.29, 1.82) is 0 Å². The molecule has 0 aromatic heterocycles. The first kappa shape index (κ1) is 13.4. The first-order valence-electron chi connectivity index (χ1n) is 8.33. The normalized spacial score (nSPS) is 34.0. The van der Waals surface area contributed by atoms with Gasteiger partial charge in [-0.3, -0.25) is 5.32 Å². The minimum absolute atomic E-state index is 0.128. The van der Waals surface area contributed by atoms with E-state index in [9.17, 15) is 0 Å². The Labute approximate surface area is 126 Å². The summed E-state index contributed by atoms with van der Waals surface area (Å²) in [6.45, 7) is 1.49. The van der Waals surface area contributed by atoms with Crippen molar-refractivity contribution in [3.63, 3.8) is 0 Å². The van der Waals surface area contributed by atoms with Gasteiger partial charge < -0.3 is 15.4 Å². The second-order valence-corrected chi connectivity index (χ2v) is 6.60. The molecule has 0 aromatic carbocycles. The standard InChI is InChI=1S/C17H25N3O/c18-8-9-19-15-11-17-7-3-1-5-13(17)12-20-10-4-2-6-14(20)16(17)21-15/h4,10,12,15,19H,1-3,5-9,11,18H2. The van der Waals surface area contributed by atoms with Gasteiger partial charge in [0.05, 0.1) is 11.1 Å². The van der Waals surface area contributed by atoms with E-state index in [1.54, 1.807) is 5.57 Å². The van der Waals surface area contributed by atoms with Crippen LogP contribution < -0.4 is 11.1 Å². The largest absolute Gasteiger partial charge is 0.477 e. The first-order chi connectivity index (χ1) is 10.3. The Hall–Kier alpha value is -1.26. The fourth-order valence-corrected chi connectivity index (χ4v) is 4.38. The Kier molecular flexibility index (Phi) is 3.31. The molecule has 1 spiro atoms. The number of fused-ring (bicyclic) bond motifs is 1. The molecule has 114 valence electrons. The van der Waals surface area contributed by atoms with Gasteiger partial charge in [0, 0.05) is 31.9 Å². The Bertz CT molecular complexity index is 522. The SMILES string of the molecule is NCCNC1CC23CCCCC2=CN2C=CCCC2=C3O1. The molecule has 4 nitrogen and oxygen atoms in total. The van der Waals surface area contributed by atoms with Crippen LogP contribution in [0.4, 0.5) is 0 Å². The number of rotatable bonds is 3. The molecule has 4 rings (SSSR count). The summed E-state index contributed by atoms with van der Waals surface area (Å²) >= 11 is 0. The van der Waals surface area contributed by atoms with E-state index in [2.05, 4.69) is 28.7 Å². The number of ether oxygens (including phenoxy) is 1. The molecule has 4 aliphatic rings. The molecule has 1 aliphatic carbocycles. The van der Waals surface area contributed by atoms with E-state index >= 15 is 0 Å². The minimum atomic E-state index is 0.128. The van der Waals surface area contributed by atoms with Crippen molar-refractivity contribution in [2.75, 3.05) is 13.1 Å². The fourth-order valence-electron chi connectivity index (χ4n) is 4.38. The first-order valence-corrected chi connectivity index (χ1v) is 8.33. The van der Waals surface area contributed by atoms with Gasteiger partial charge >= 0.3 is 0 Å². The maximum atomic E-state index is 6.39. The molecule has 3 N–H and O–H groups in total. The molecule has 0 aromatic rings. The highest BCUT2D eigenvalue weighted by Gasteiger charge is 2.52. The van der Waals surface area contributed by atoms with Crippen molar-refractivity contribution in [2.24, 2.45) is 11.1 Å². The van der Waals surface area contributed by atoms with Crippen LogP contribution >= 0.6 is 0 Å². The van der Waals surface area contributed by atoms with Gasteiger partial charge in [-0.2, -0.15) is 0 Å². The fraction of sp³-hybridized carbons (Fsp3) is 0.647. The molecule has 2 fully saturated rings. The van der Waals surface area contributed by atoms with Crippen molar-refractivity contribution >= 4 is 0 Å². The van der Waals surface area contributed by atoms with Crippen molar-refractivity contribution < 1.29 is 4.74 Å². The van der Waals surface area contributed by atoms with Crippen LogP contribution in [0.15, 0.2) is 35.5 Å². The summed E-state index contributed by atoms with van der Waals surface area (Å²) in [7, 11) is 0. The van der Waals surface area contributed by atoms with Crippen LogP contribution in [0.25, 0.3) is 0 Å². The van der Waals surface area contributed by atoms with Crippen LogP contribution in [0.1, 0.15) is 44.9 Å². The molecule has 2 unspecified atom stereocenters. The number of allylic oxidation sites excluding steroid dienone is 3. The van der Waals surface area contributed by atoms with Crippen LogP contribution in [-0.4, -0.2) is 24.2 Å². The molecule has 2 atom stereocenters. The van der Waals surface area contributed by atoms with Crippen molar-refractivity contribution in [3.05, 3.63) is 35.5 Å². The monoisotopic (exact) mass is 287 g/mol. The summed E-state index contributed by atoms with van der Waals surface area (Å²) in [5.74, 6) is 1.26. The highest BCUT2D eigenvalue weighted by Crippen LogP contribution is 2.58. The van der Waals surface area contributed by atoms with Crippen molar-refractivity contribution in [2.45, 2.75) is 51.2 Å².